The Bertz CT molecular complexity index is 426. The van der Waals surface area contributed by atoms with E-state index in [1.807, 2.05) is 25.1 Å². The maximum Gasteiger partial charge on any atom is 0.327 e. The van der Waals surface area contributed by atoms with E-state index in [1.165, 1.54) is 5.56 Å². The first-order chi connectivity index (χ1) is 8.03. The van der Waals surface area contributed by atoms with Gasteiger partial charge in [0, 0.05) is 5.54 Å². The summed E-state index contributed by atoms with van der Waals surface area (Å²) < 4.78 is 5.13. The molecular formula is C14H19NO2. The molecule has 0 spiro atoms. The van der Waals surface area contributed by atoms with Crippen molar-refractivity contribution in [3.63, 3.8) is 0 Å². The highest BCUT2D eigenvalue weighted by molar-refractivity contribution is 5.78. The Labute approximate surface area is 102 Å². The molecule has 1 aliphatic heterocycles. The first kappa shape index (κ1) is 12.1. The SMILES string of the molecule is CCOC(=O)C1NC(C)(C)Cc2ccccc21. The van der Waals surface area contributed by atoms with E-state index >= 15 is 0 Å². The van der Waals surface area contributed by atoms with Crippen LogP contribution in [0.1, 0.15) is 37.9 Å². The van der Waals surface area contributed by atoms with Gasteiger partial charge in [-0.05, 0) is 38.3 Å². The third-order valence-corrected chi connectivity index (χ3v) is 3.06. The Morgan fingerprint density at radius 3 is 2.88 bits per heavy atom. The van der Waals surface area contributed by atoms with Gasteiger partial charge in [-0.2, -0.15) is 0 Å². The van der Waals surface area contributed by atoms with E-state index in [2.05, 4.69) is 25.2 Å². The van der Waals surface area contributed by atoms with E-state index in [-0.39, 0.29) is 17.6 Å². The highest BCUT2D eigenvalue weighted by Gasteiger charge is 2.35. The lowest BCUT2D eigenvalue weighted by molar-refractivity contribution is -0.146. The highest BCUT2D eigenvalue weighted by atomic mass is 16.5. The quantitative estimate of drug-likeness (QED) is 0.796. The summed E-state index contributed by atoms with van der Waals surface area (Å²) in [6.45, 7) is 6.46. The number of hydrogen-bond acceptors (Lipinski definition) is 3. The summed E-state index contributed by atoms with van der Waals surface area (Å²) in [5.74, 6) is -0.187. The second-order valence-electron chi connectivity index (χ2n) is 5.09. The van der Waals surface area contributed by atoms with Crippen LogP contribution < -0.4 is 5.32 Å². The molecule has 1 N–H and O–H groups in total. The van der Waals surface area contributed by atoms with Gasteiger partial charge in [0.2, 0.25) is 0 Å². The van der Waals surface area contributed by atoms with Gasteiger partial charge in [0.05, 0.1) is 6.61 Å². The van der Waals surface area contributed by atoms with E-state index in [4.69, 9.17) is 4.74 Å². The molecule has 2 rings (SSSR count). The Kier molecular flexibility index (Phi) is 3.20. The van der Waals surface area contributed by atoms with Crippen molar-refractivity contribution in [2.75, 3.05) is 6.61 Å². The molecule has 0 saturated carbocycles. The lowest BCUT2D eigenvalue weighted by Crippen LogP contribution is -2.50. The number of ether oxygens (including phenoxy) is 1. The molecule has 1 unspecified atom stereocenters. The van der Waals surface area contributed by atoms with Crippen LogP contribution in [0.15, 0.2) is 24.3 Å². The minimum absolute atomic E-state index is 0.0776. The highest BCUT2D eigenvalue weighted by Crippen LogP contribution is 2.30. The van der Waals surface area contributed by atoms with Crippen LogP contribution in [0.2, 0.25) is 0 Å². The van der Waals surface area contributed by atoms with Crippen LogP contribution in [0, 0.1) is 0 Å². The second-order valence-corrected chi connectivity index (χ2v) is 5.09. The van der Waals surface area contributed by atoms with Crippen molar-refractivity contribution in [1.82, 2.24) is 5.32 Å². The average molecular weight is 233 g/mol. The fourth-order valence-corrected chi connectivity index (χ4v) is 2.38. The van der Waals surface area contributed by atoms with E-state index in [1.54, 1.807) is 0 Å². The number of carbonyl (C=O) groups excluding carboxylic acids is 1. The van der Waals surface area contributed by atoms with Crippen molar-refractivity contribution >= 4 is 5.97 Å². The lowest BCUT2D eigenvalue weighted by Gasteiger charge is -2.37. The smallest absolute Gasteiger partial charge is 0.327 e. The molecule has 1 aliphatic rings. The van der Waals surface area contributed by atoms with Crippen molar-refractivity contribution in [3.8, 4) is 0 Å². The van der Waals surface area contributed by atoms with E-state index in [0.717, 1.165) is 12.0 Å². The number of hydrogen-bond donors (Lipinski definition) is 1. The van der Waals surface area contributed by atoms with Crippen molar-refractivity contribution < 1.29 is 9.53 Å². The van der Waals surface area contributed by atoms with Crippen molar-refractivity contribution in [2.45, 2.75) is 38.8 Å². The molecule has 0 amide bonds. The van der Waals surface area contributed by atoms with Gasteiger partial charge >= 0.3 is 5.97 Å². The lowest BCUT2D eigenvalue weighted by atomic mass is 9.84. The van der Waals surface area contributed by atoms with Crippen molar-refractivity contribution in [1.29, 1.82) is 0 Å². The minimum Gasteiger partial charge on any atom is -0.465 e. The summed E-state index contributed by atoms with van der Waals surface area (Å²) in [4.78, 5) is 12.0. The Hall–Kier alpha value is -1.35. The molecule has 3 nitrogen and oxygen atoms in total. The van der Waals surface area contributed by atoms with Crippen LogP contribution in [-0.2, 0) is 16.0 Å². The van der Waals surface area contributed by atoms with Crippen LogP contribution in [0.25, 0.3) is 0 Å². The van der Waals surface area contributed by atoms with Gasteiger partial charge < -0.3 is 4.74 Å². The van der Waals surface area contributed by atoms with Crippen LogP contribution in [0.5, 0.6) is 0 Å². The third kappa shape index (κ3) is 2.50. The minimum atomic E-state index is -0.338. The zero-order valence-electron chi connectivity index (χ0n) is 10.6. The van der Waals surface area contributed by atoms with Crippen molar-refractivity contribution in [3.05, 3.63) is 35.4 Å². The Morgan fingerprint density at radius 2 is 2.18 bits per heavy atom. The first-order valence-electron chi connectivity index (χ1n) is 6.05. The fourth-order valence-electron chi connectivity index (χ4n) is 2.38. The van der Waals surface area contributed by atoms with Crippen molar-refractivity contribution in [2.24, 2.45) is 0 Å². The molecule has 0 fully saturated rings. The third-order valence-electron chi connectivity index (χ3n) is 3.06. The predicted octanol–water partition coefficient (Wildman–Crippen LogP) is 2.22. The Morgan fingerprint density at radius 1 is 1.47 bits per heavy atom. The monoisotopic (exact) mass is 233 g/mol. The van der Waals surface area contributed by atoms with E-state index < -0.39 is 0 Å². The van der Waals surface area contributed by atoms with Gasteiger partial charge in [-0.15, -0.1) is 0 Å². The topological polar surface area (TPSA) is 38.3 Å². The largest absolute Gasteiger partial charge is 0.465 e. The zero-order valence-corrected chi connectivity index (χ0v) is 10.6. The summed E-state index contributed by atoms with van der Waals surface area (Å²) in [5, 5.41) is 3.36. The van der Waals surface area contributed by atoms with Gasteiger partial charge in [-0.25, -0.2) is 4.79 Å². The summed E-state index contributed by atoms with van der Waals surface area (Å²) in [5.41, 5.74) is 2.20. The van der Waals surface area contributed by atoms with Gasteiger partial charge in [0.25, 0.3) is 0 Å². The number of esters is 1. The van der Waals surface area contributed by atoms with Gasteiger partial charge in [0.15, 0.2) is 0 Å². The summed E-state index contributed by atoms with van der Waals surface area (Å²) in [7, 11) is 0. The van der Waals surface area contributed by atoms with E-state index in [0.29, 0.717) is 6.61 Å². The predicted molar refractivity (Wildman–Crippen MR) is 66.7 cm³/mol. The molecule has 1 atom stereocenters. The van der Waals surface area contributed by atoms with Crippen LogP contribution in [0.4, 0.5) is 0 Å². The molecule has 92 valence electrons. The summed E-state index contributed by atoms with van der Waals surface area (Å²) in [6.07, 6.45) is 0.930. The molecule has 1 aromatic rings. The molecule has 3 heteroatoms. The summed E-state index contributed by atoms with van der Waals surface area (Å²) in [6, 6.07) is 7.73. The molecule has 0 aliphatic carbocycles. The van der Waals surface area contributed by atoms with Gasteiger partial charge in [0.1, 0.15) is 6.04 Å². The number of benzene rings is 1. The molecule has 0 aromatic heterocycles. The summed E-state index contributed by atoms with van der Waals surface area (Å²) >= 11 is 0. The normalized spacial score (nSPS) is 21.7. The van der Waals surface area contributed by atoms with Crippen LogP contribution >= 0.6 is 0 Å². The molecule has 1 heterocycles. The standard InChI is InChI=1S/C14H19NO2/c1-4-17-13(16)12-11-8-6-5-7-10(11)9-14(2,3)15-12/h5-8,12,15H,4,9H2,1-3H3. The molecule has 0 bridgehead atoms. The van der Waals surface area contributed by atoms with Gasteiger partial charge in [-0.3, -0.25) is 5.32 Å². The number of rotatable bonds is 2. The fraction of sp³-hybridized carbons (Fsp3) is 0.500. The average Bonchev–Trinajstić information content (AvgIpc) is 2.27. The molecule has 0 saturated heterocycles. The van der Waals surface area contributed by atoms with Crippen LogP contribution in [0.3, 0.4) is 0 Å². The molecule has 1 aromatic carbocycles. The molecular weight excluding hydrogens is 214 g/mol. The maximum atomic E-state index is 12.0. The number of carbonyl (C=O) groups is 1. The number of nitrogens with one attached hydrogen (secondary N) is 1. The zero-order chi connectivity index (χ0) is 12.5. The Balaban J connectivity index is 2.36. The maximum absolute atomic E-state index is 12.0. The van der Waals surface area contributed by atoms with E-state index in [9.17, 15) is 4.79 Å². The number of fused-ring (bicyclic) bond motifs is 1. The first-order valence-corrected chi connectivity index (χ1v) is 6.05. The molecule has 17 heavy (non-hydrogen) atoms. The van der Waals surface area contributed by atoms with Gasteiger partial charge in [-0.1, -0.05) is 24.3 Å². The van der Waals surface area contributed by atoms with Crippen LogP contribution in [-0.4, -0.2) is 18.1 Å². The second kappa shape index (κ2) is 4.49. The molecule has 0 radical (unpaired) electrons.